The molecule has 1 aromatic heterocycles. The van der Waals surface area contributed by atoms with E-state index in [1.165, 1.54) is 103 Å². The van der Waals surface area contributed by atoms with Crippen LogP contribution >= 0.6 is 0 Å². The summed E-state index contributed by atoms with van der Waals surface area (Å²) in [6.45, 7) is 0. The van der Waals surface area contributed by atoms with Crippen molar-refractivity contribution in [1.82, 2.24) is 4.57 Å². The summed E-state index contributed by atoms with van der Waals surface area (Å²) in [4.78, 5) is 2.40. The van der Waals surface area contributed by atoms with E-state index < -0.39 is 0 Å². The second-order valence-electron chi connectivity index (χ2n) is 16.0. The predicted molar refractivity (Wildman–Crippen MR) is 257 cm³/mol. The van der Waals surface area contributed by atoms with Crippen molar-refractivity contribution in [2.45, 2.75) is 0 Å². The minimum atomic E-state index is 1.13. The summed E-state index contributed by atoms with van der Waals surface area (Å²) >= 11 is 0. The Morgan fingerprint density at radius 1 is 0.283 bits per heavy atom. The highest BCUT2D eigenvalue weighted by molar-refractivity contribution is 6.35. The third-order valence-corrected chi connectivity index (χ3v) is 12.9. The minimum absolute atomic E-state index is 1.13. The van der Waals surface area contributed by atoms with Gasteiger partial charge in [-0.3, -0.25) is 0 Å². The average molecular weight is 761 g/mol. The maximum absolute atomic E-state index is 2.47. The zero-order valence-corrected chi connectivity index (χ0v) is 32.7. The molecule has 0 aliphatic rings. The molecule has 0 aliphatic heterocycles. The first-order chi connectivity index (χ1) is 29.8. The van der Waals surface area contributed by atoms with Crippen LogP contribution in [-0.4, -0.2) is 4.57 Å². The molecule has 2 nitrogen and oxygen atoms in total. The van der Waals surface area contributed by atoms with E-state index >= 15 is 0 Å². The summed E-state index contributed by atoms with van der Waals surface area (Å²) in [6, 6.07) is 80.5. The van der Waals surface area contributed by atoms with Crippen molar-refractivity contribution < 1.29 is 0 Å². The fourth-order valence-electron chi connectivity index (χ4n) is 10.3. The average Bonchev–Trinajstić information content (AvgIpc) is 3.65. The van der Waals surface area contributed by atoms with Gasteiger partial charge in [0.2, 0.25) is 0 Å². The first kappa shape index (κ1) is 33.1. The molecule has 0 unspecified atom stereocenters. The quantitative estimate of drug-likeness (QED) is 0.159. The third kappa shape index (κ3) is 4.70. The van der Waals surface area contributed by atoms with E-state index in [4.69, 9.17) is 0 Å². The molecule has 0 N–H and O–H groups in total. The van der Waals surface area contributed by atoms with Crippen LogP contribution in [0, 0.1) is 0 Å². The monoisotopic (exact) mass is 760 g/mol. The van der Waals surface area contributed by atoms with Gasteiger partial charge >= 0.3 is 0 Å². The summed E-state index contributed by atoms with van der Waals surface area (Å²) in [5, 5.41) is 17.8. The van der Waals surface area contributed by atoms with Crippen LogP contribution in [0.25, 0.3) is 103 Å². The molecule has 12 aromatic carbocycles. The number of aromatic nitrogens is 1. The molecule has 0 bridgehead atoms. The van der Waals surface area contributed by atoms with Gasteiger partial charge in [-0.25, -0.2) is 0 Å². The highest BCUT2D eigenvalue weighted by atomic mass is 15.1. The first-order valence-corrected chi connectivity index (χ1v) is 20.8. The van der Waals surface area contributed by atoms with Crippen LogP contribution in [0.3, 0.4) is 0 Å². The van der Waals surface area contributed by atoms with E-state index in [2.05, 4.69) is 228 Å². The van der Waals surface area contributed by atoms with E-state index in [9.17, 15) is 0 Å². The summed E-state index contributed by atoms with van der Waals surface area (Å²) in [5.41, 5.74) is 9.56. The van der Waals surface area contributed by atoms with Crippen molar-refractivity contribution in [3.63, 3.8) is 0 Å². The van der Waals surface area contributed by atoms with Crippen LogP contribution in [0.2, 0.25) is 0 Å². The topological polar surface area (TPSA) is 8.17 Å². The van der Waals surface area contributed by atoms with E-state index in [0.29, 0.717) is 0 Å². The van der Waals surface area contributed by atoms with Gasteiger partial charge in [-0.15, -0.1) is 0 Å². The first-order valence-electron chi connectivity index (χ1n) is 20.8. The lowest BCUT2D eigenvalue weighted by atomic mass is 9.85. The highest BCUT2D eigenvalue weighted by Crippen LogP contribution is 2.49. The standard InChI is InChI=1S/C58H36N2/c1-4-16-39(17-5-1)59(40-18-6-2-7-19-40)54-36-52-43-23-11-10-22-42(43)50(35-51(52)44-24-12-13-25-46(44)54)45-31-30-37-28-29-38-34-55-58(49-33-32-47(45)56(37)57(38)49)48-26-14-15-27-53(48)60(55)41-20-8-3-9-21-41/h1-36H. The number of hydrogen-bond donors (Lipinski definition) is 0. The molecule has 1 heterocycles. The molecule has 60 heavy (non-hydrogen) atoms. The van der Waals surface area contributed by atoms with Crippen molar-refractivity contribution >= 4 is 104 Å². The van der Waals surface area contributed by atoms with Crippen LogP contribution < -0.4 is 4.90 Å². The summed E-state index contributed by atoms with van der Waals surface area (Å²) < 4.78 is 2.43. The molecule has 0 spiro atoms. The van der Waals surface area contributed by atoms with Gasteiger partial charge in [0.1, 0.15) is 0 Å². The van der Waals surface area contributed by atoms with Gasteiger partial charge in [0.15, 0.2) is 0 Å². The number of benzene rings is 12. The van der Waals surface area contributed by atoms with Crippen molar-refractivity contribution in [2.75, 3.05) is 4.90 Å². The Balaban J connectivity index is 1.10. The molecule has 0 amide bonds. The van der Waals surface area contributed by atoms with E-state index in [1.807, 2.05) is 0 Å². The van der Waals surface area contributed by atoms with Crippen LogP contribution in [0.15, 0.2) is 218 Å². The molecule has 0 radical (unpaired) electrons. The molecule has 2 heteroatoms. The molecule has 0 fully saturated rings. The number of anilines is 3. The molecular formula is C58H36N2. The van der Waals surface area contributed by atoms with E-state index in [1.54, 1.807) is 0 Å². The second-order valence-corrected chi connectivity index (χ2v) is 16.0. The molecule has 0 atom stereocenters. The maximum Gasteiger partial charge on any atom is 0.0553 e. The SMILES string of the molecule is c1ccc(N(c2ccccc2)c2cc3c4ccccc4c(-c4ccc5ccc6cc7c(c8ccc4c5c68)c4ccccc4n7-c4ccccc4)cc3c3ccccc23)cc1. The minimum Gasteiger partial charge on any atom is -0.310 e. The molecule has 278 valence electrons. The zero-order chi connectivity index (χ0) is 39.3. The Bertz CT molecular complexity index is 3770. The Hall–Kier alpha value is -7.94. The van der Waals surface area contributed by atoms with Crippen LogP contribution in [0.4, 0.5) is 17.1 Å². The predicted octanol–water partition coefficient (Wildman–Crippen LogP) is 16.3. The lowest BCUT2D eigenvalue weighted by molar-refractivity contribution is 1.18. The number of para-hydroxylation sites is 4. The second kappa shape index (κ2) is 12.8. The Morgan fingerprint density at radius 2 is 0.817 bits per heavy atom. The van der Waals surface area contributed by atoms with Gasteiger partial charge in [0, 0.05) is 33.2 Å². The van der Waals surface area contributed by atoms with Crippen LogP contribution in [-0.2, 0) is 0 Å². The van der Waals surface area contributed by atoms with E-state index in [-0.39, 0.29) is 0 Å². The lowest BCUT2D eigenvalue weighted by Crippen LogP contribution is -2.10. The Kier molecular flexibility index (Phi) is 7.05. The smallest absolute Gasteiger partial charge is 0.0553 e. The molecular weight excluding hydrogens is 725 g/mol. The molecule has 0 saturated carbocycles. The third-order valence-electron chi connectivity index (χ3n) is 12.9. The van der Waals surface area contributed by atoms with Crippen molar-refractivity contribution in [3.8, 4) is 16.8 Å². The van der Waals surface area contributed by atoms with Crippen molar-refractivity contribution in [1.29, 1.82) is 0 Å². The van der Waals surface area contributed by atoms with E-state index in [0.717, 1.165) is 17.1 Å². The molecule has 0 saturated heterocycles. The van der Waals surface area contributed by atoms with Crippen molar-refractivity contribution in [3.05, 3.63) is 218 Å². The zero-order valence-electron chi connectivity index (χ0n) is 32.7. The molecule has 0 aliphatic carbocycles. The van der Waals surface area contributed by atoms with Gasteiger partial charge in [0.05, 0.1) is 16.7 Å². The largest absolute Gasteiger partial charge is 0.310 e. The number of nitrogens with zero attached hydrogens (tertiary/aromatic N) is 2. The Morgan fingerprint density at radius 3 is 1.55 bits per heavy atom. The van der Waals surface area contributed by atoms with Gasteiger partial charge in [0.25, 0.3) is 0 Å². The molecule has 13 aromatic rings. The normalized spacial score (nSPS) is 12.0. The number of rotatable bonds is 5. The highest BCUT2D eigenvalue weighted by Gasteiger charge is 2.22. The molecule has 13 rings (SSSR count). The van der Waals surface area contributed by atoms with Crippen LogP contribution in [0.1, 0.15) is 0 Å². The van der Waals surface area contributed by atoms with Crippen LogP contribution in [0.5, 0.6) is 0 Å². The summed E-state index contributed by atoms with van der Waals surface area (Å²) in [6.07, 6.45) is 0. The summed E-state index contributed by atoms with van der Waals surface area (Å²) in [7, 11) is 0. The fraction of sp³-hybridized carbons (Fsp3) is 0. The summed E-state index contributed by atoms with van der Waals surface area (Å²) in [5.74, 6) is 0. The Labute approximate surface area is 346 Å². The maximum atomic E-state index is 2.47. The van der Waals surface area contributed by atoms with Gasteiger partial charge in [-0.1, -0.05) is 158 Å². The lowest BCUT2D eigenvalue weighted by Gasteiger charge is -2.28. The van der Waals surface area contributed by atoms with Gasteiger partial charge < -0.3 is 9.47 Å². The number of fused-ring (bicyclic) bond motifs is 9. The van der Waals surface area contributed by atoms with Crippen molar-refractivity contribution in [2.24, 2.45) is 0 Å². The fourth-order valence-corrected chi connectivity index (χ4v) is 10.3. The van der Waals surface area contributed by atoms with Gasteiger partial charge in [-0.05, 0) is 131 Å². The van der Waals surface area contributed by atoms with Gasteiger partial charge in [-0.2, -0.15) is 0 Å². The number of hydrogen-bond acceptors (Lipinski definition) is 1.